The second-order valence-electron chi connectivity index (χ2n) is 3.89. The van der Waals surface area contributed by atoms with Crippen LogP contribution in [0, 0.1) is 0 Å². The Bertz CT molecular complexity index is 419. The summed E-state index contributed by atoms with van der Waals surface area (Å²) in [6.07, 6.45) is 2.23. The van der Waals surface area contributed by atoms with E-state index in [2.05, 4.69) is 10.3 Å². The van der Waals surface area contributed by atoms with E-state index < -0.39 is 18.1 Å². The van der Waals surface area contributed by atoms with Gasteiger partial charge in [0.25, 0.3) is 0 Å². The van der Waals surface area contributed by atoms with Crippen LogP contribution in [0.2, 0.25) is 0 Å². The molecule has 1 aliphatic heterocycles. The molecule has 1 aromatic rings. The molecule has 17 heavy (non-hydrogen) atoms. The van der Waals surface area contributed by atoms with Crippen molar-refractivity contribution >= 4 is 11.9 Å². The predicted molar refractivity (Wildman–Crippen MR) is 53.8 cm³/mol. The molecule has 8 heteroatoms. The number of aromatic nitrogens is 3. The fraction of sp³-hybridized carbons (Fsp3) is 0.556. The molecule has 0 saturated carbocycles. The number of carboxylic acids is 1. The topological polar surface area (TPSA) is 109 Å². The van der Waals surface area contributed by atoms with Crippen LogP contribution in [0.1, 0.15) is 6.42 Å². The number of hydrogen-bond donors (Lipinski definition) is 2. The van der Waals surface area contributed by atoms with Gasteiger partial charge in [0.05, 0.1) is 12.3 Å². The molecule has 1 saturated heterocycles. The zero-order chi connectivity index (χ0) is 12.4. The summed E-state index contributed by atoms with van der Waals surface area (Å²) in [6.45, 7) is -0.0268. The third kappa shape index (κ3) is 2.41. The third-order valence-electron chi connectivity index (χ3n) is 2.65. The lowest BCUT2D eigenvalue weighted by Crippen LogP contribution is -2.42. The molecule has 92 valence electrons. The van der Waals surface area contributed by atoms with Crippen LogP contribution < -0.4 is 0 Å². The van der Waals surface area contributed by atoms with Crippen molar-refractivity contribution in [1.82, 2.24) is 19.9 Å². The minimum Gasteiger partial charge on any atom is -0.480 e. The van der Waals surface area contributed by atoms with Crippen LogP contribution in [0.3, 0.4) is 0 Å². The van der Waals surface area contributed by atoms with Crippen LogP contribution in [0.4, 0.5) is 0 Å². The van der Waals surface area contributed by atoms with Crippen LogP contribution in [-0.2, 0) is 16.1 Å². The highest BCUT2D eigenvalue weighted by Crippen LogP contribution is 2.18. The van der Waals surface area contributed by atoms with E-state index in [0.29, 0.717) is 0 Å². The first-order valence-corrected chi connectivity index (χ1v) is 5.12. The number of nitrogens with zero attached hydrogens (tertiary/aromatic N) is 4. The summed E-state index contributed by atoms with van der Waals surface area (Å²) in [5, 5.41) is 25.5. The number of amides is 1. The number of β-amino-alcohol motifs (C(OH)–C–C–N with tert-alkyl or cyclic N) is 1. The zero-order valence-corrected chi connectivity index (χ0v) is 8.93. The Morgan fingerprint density at radius 2 is 2.24 bits per heavy atom. The van der Waals surface area contributed by atoms with Crippen LogP contribution >= 0.6 is 0 Å². The van der Waals surface area contributed by atoms with E-state index in [9.17, 15) is 14.7 Å². The van der Waals surface area contributed by atoms with Crippen molar-refractivity contribution in [3.8, 4) is 0 Å². The Hall–Kier alpha value is -1.96. The minimum atomic E-state index is -1.10. The largest absolute Gasteiger partial charge is 0.480 e. The van der Waals surface area contributed by atoms with Gasteiger partial charge in [-0.1, -0.05) is 5.21 Å². The molecule has 1 fully saturated rings. The van der Waals surface area contributed by atoms with Gasteiger partial charge in [-0.3, -0.25) is 4.79 Å². The van der Waals surface area contributed by atoms with Gasteiger partial charge < -0.3 is 15.1 Å². The van der Waals surface area contributed by atoms with E-state index in [4.69, 9.17) is 5.11 Å². The van der Waals surface area contributed by atoms with Crippen molar-refractivity contribution in [3.05, 3.63) is 12.4 Å². The number of aliphatic hydroxyl groups is 1. The van der Waals surface area contributed by atoms with Crippen LogP contribution in [-0.4, -0.2) is 60.7 Å². The van der Waals surface area contributed by atoms with Gasteiger partial charge in [-0.25, -0.2) is 9.48 Å². The first kappa shape index (κ1) is 11.5. The van der Waals surface area contributed by atoms with Crippen molar-refractivity contribution in [2.45, 2.75) is 25.1 Å². The first-order valence-electron chi connectivity index (χ1n) is 5.12. The van der Waals surface area contributed by atoms with Gasteiger partial charge in [0.1, 0.15) is 12.6 Å². The van der Waals surface area contributed by atoms with E-state index in [1.165, 1.54) is 17.1 Å². The highest BCUT2D eigenvalue weighted by atomic mass is 16.4. The Kier molecular flexibility index (Phi) is 3.05. The molecule has 2 N–H and O–H groups in total. The van der Waals surface area contributed by atoms with E-state index in [1.54, 1.807) is 0 Å². The Morgan fingerprint density at radius 1 is 1.47 bits per heavy atom. The van der Waals surface area contributed by atoms with Gasteiger partial charge in [-0.05, 0) is 0 Å². The maximum atomic E-state index is 11.8. The van der Waals surface area contributed by atoms with Gasteiger partial charge in [-0.2, -0.15) is 0 Å². The van der Waals surface area contributed by atoms with E-state index in [1.807, 2.05) is 0 Å². The maximum Gasteiger partial charge on any atom is 0.326 e. The average Bonchev–Trinajstić information content (AvgIpc) is 2.86. The second kappa shape index (κ2) is 4.50. The van der Waals surface area contributed by atoms with Gasteiger partial charge in [0, 0.05) is 19.2 Å². The first-order chi connectivity index (χ1) is 8.08. The summed E-state index contributed by atoms with van der Waals surface area (Å²) < 4.78 is 1.31. The normalized spacial score (nSPS) is 23.9. The quantitative estimate of drug-likeness (QED) is 0.653. The van der Waals surface area contributed by atoms with Crippen molar-refractivity contribution in [1.29, 1.82) is 0 Å². The molecule has 1 unspecified atom stereocenters. The lowest BCUT2D eigenvalue weighted by Gasteiger charge is -2.20. The third-order valence-corrected chi connectivity index (χ3v) is 2.65. The Labute approximate surface area is 96.4 Å². The lowest BCUT2D eigenvalue weighted by molar-refractivity contribution is -0.148. The molecular formula is C9H12N4O4. The number of carbonyl (C=O) groups excluding carboxylic acids is 1. The van der Waals surface area contributed by atoms with Crippen LogP contribution in [0.5, 0.6) is 0 Å². The molecule has 0 radical (unpaired) electrons. The number of aliphatic hydroxyl groups excluding tert-OH is 1. The Morgan fingerprint density at radius 3 is 2.82 bits per heavy atom. The summed E-state index contributed by atoms with van der Waals surface area (Å²) in [5.41, 5.74) is 0. The molecule has 2 rings (SSSR count). The van der Waals surface area contributed by atoms with E-state index >= 15 is 0 Å². The highest BCUT2D eigenvalue weighted by molar-refractivity contribution is 5.84. The second-order valence-corrected chi connectivity index (χ2v) is 3.89. The molecule has 0 aliphatic carbocycles. The van der Waals surface area contributed by atoms with Crippen LogP contribution in [0.15, 0.2) is 12.4 Å². The standard InChI is InChI=1S/C9H12N4O4/c14-6-3-7(9(16)17)13(4-6)8(15)5-12-2-1-10-11-12/h1-2,6-7,14H,3-5H2,(H,16,17)/t6?,7-/m0/s1. The molecule has 0 aromatic carbocycles. The fourth-order valence-corrected chi connectivity index (χ4v) is 1.87. The maximum absolute atomic E-state index is 11.8. The molecule has 1 amide bonds. The number of likely N-dealkylation sites (tertiary alicyclic amines) is 1. The molecule has 2 heterocycles. The summed E-state index contributed by atoms with van der Waals surface area (Å²) in [7, 11) is 0. The summed E-state index contributed by atoms with van der Waals surface area (Å²) in [6, 6.07) is -0.957. The molecule has 1 aromatic heterocycles. The number of aliphatic carboxylic acids is 1. The van der Waals surface area contributed by atoms with Gasteiger partial charge in [0.2, 0.25) is 5.91 Å². The van der Waals surface area contributed by atoms with Gasteiger partial charge in [-0.15, -0.1) is 5.10 Å². The summed E-state index contributed by atoms with van der Waals surface area (Å²) >= 11 is 0. The van der Waals surface area contributed by atoms with Crippen molar-refractivity contribution < 1.29 is 19.8 Å². The summed E-state index contributed by atoms with van der Waals surface area (Å²) in [5.74, 6) is -1.49. The lowest BCUT2D eigenvalue weighted by atomic mass is 10.2. The van der Waals surface area contributed by atoms with E-state index in [0.717, 1.165) is 4.90 Å². The van der Waals surface area contributed by atoms with Crippen LogP contribution in [0.25, 0.3) is 0 Å². The molecule has 0 bridgehead atoms. The molecule has 2 atom stereocenters. The van der Waals surface area contributed by atoms with E-state index in [-0.39, 0.29) is 25.4 Å². The number of hydrogen-bond acceptors (Lipinski definition) is 5. The summed E-state index contributed by atoms with van der Waals surface area (Å²) in [4.78, 5) is 23.9. The fourth-order valence-electron chi connectivity index (χ4n) is 1.87. The molecule has 8 nitrogen and oxygen atoms in total. The number of carboxylic acid groups (broad SMARTS) is 1. The highest BCUT2D eigenvalue weighted by Gasteiger charge is 2.38. The van der Waals surface area contributed by atoms with Crippen molar-refractivity contribution in [2.75, 3.05) is 6.54 Å². The number of carbonyl (C=O) groups is 2. The monoisotopic (exact) mass is 240 g/mol. The Balaban J connectivity index is 2.05. The minimum absolute atomic E-state index is 0.0461. The average molecular weight is 240 g/mol. The van der Waals surface area contributed by atoms with Gasteiger partial charge in [0.15, 0.2) is 0 Å². The molecule has 0 spiro atoms. The van der Waals surface area contributed by atoms with Crippen molar-refractivity contribution in [2.24, 2.45) is 0 Å². The zero-order valence-electron chi connectivity index (χ0n) is 8.93. The molecule has 1 aliphatic rings. The predicted octanol–water partition coefficient (Wildman–Crippen LogP) is -1.68. The number of rotatable bonds is 3. The van der Waals surface area contributed by atoms with Crippen molar-refractivity contribution in [3.63, 3.8) is 0 Å². The van der Waals surface area contributed by atoms with Gasteiger partial charge >= 0.3 is 5.97 Å². The smallest absolute Gasteiger partial charge is 0.326 e. The SMILES string of the molecule is O=C(O)[C@@H]1CC(O)CN1C(=O)Cn1ccnn1. The molecular weight excluding hydrogens is 228 g/mol.